The fourth-order valence-electron chi connectivity index (χ4n) is 1.47. The summed E-state index contributed by atoms with van der Waals surface area (Å²) in [6, 6.07) is 5.16. The predicted octanol–water partition coefficient (Wildman–Crippen LogP) is 1.13. The molecule has 1 aromatic rings. The number of carbonyl (C=O) groups is 2. The van der Waals surface area contributed by atoms with Gasteiger partial charge in [0.15, 0.2) is 0 Å². The van der Waals surface area contributed by atoms with Crippen molar-refractivity contribution in [3.05, 3.63) is 29.8 Å². The SMILES string of the molecule is COC(=O)C(Cc1ccccc1O)NC(=O)C(F)Cl. The number of para-hydroxylation sites is 1. The van der Waals surface area contributed by atoms with Crippen LogP contribution in [0.2, 0.25) is 0 Å². The molecule has 1 aromatic carbocycles. The van der Waals surface area contributed by atoms with E-state index in [1.54, 1.807) is 18.2 Å². The van der Waals surface area contributed by atoms with Crippen LogP contribution >= 0.6 is 11.6 Å². The van der Waals surface area contributed by atoms with Gasteiger partial charge in [0.1, 0.15) is 11.8 Å². The van der Waals surface area contributed by atoms with Crippen LogP contribution in [-0.2, 0) is 20.7 Å². The molecular weight excluding hydrogens is 277 g/mol. The number of hydrogen-bond acceptors (Lipinski definition) is 4. The van der Waals surface area contributed by atoms with Gasteiger partial charge < -0.3 is 15.2 Å². The molecule has 2 unspecified atom stereocenters. The number of ether oxygens (including phenoxy) is 1. The van der Waals surface area contributed by atoms with Gasteiger partial charge in [0, 0.05) is 6.42 Å². The molecule has 0 aliphatic carbocycles. The molecule has 0 aromatic heterocycles. The van der Waals surface area contributed by atoms with Crippen LogP contribution in [0.4, 0.5) is 4.39 Å². The Balaban J connectivity index is 2.84. The number of methoxy groups -OCH3 is 1. The van der Waals surface area contributed by atoms with Gasteiger partial charge in [-0.25, -0.2) is 9.18 Å². The molecule has 0 heterocycles. The zero-order chi connectivity index (χ0) is 14.4. The third-order valence-corrected chi connectivity index (χ3v) is 2.61. The van der Waals surface area contributed by atoms with Gasteiger partial charge in [0.25, 0.3) is 11.5 Å². The number of amides is 1. The number of carbonyl (C=O) groups excluding carboxylic acids is 2. The van der Waals surface area contributed by atoms with Gasteiger partial charge in [-0.15, -0.1) is 0 Å². The summed E-state index contributed by atoms with van der Waals surface area (Å²) in [5.41, 5.74) is -1.83. The first-order valence-electron chi connectivity index (χ1n) is 5.39. The minimum absolute atomic E-state index is 0.0330. The van der Waals surface area contributed by atoms with Crippen LogP contribution in [0, 0.1) is 0 Å². The van der Waals surface area contributed by atoms with Crippen LogP contribution in [-0.4, -0.2) is 35.8 Å². The third kappa shape index (κ3) is 4.40. The summed E-state index contributed by atoms with van der Waals surface area (Å²) in [5, 5.41) is 11.7. The number of phenolic OH excluding ortho intramolecular Hbond substituents is 1. The van der Waals surface area contributed by atoms with E-state index >= 15 is 0 Å². The highest BCUT2D eigenvalue weighted by atomic mass is 35.5. The van der Waals surface area contributed by atoms with E-state index in [0.717, 1.165) is 7.11 Å². The summed E-state index contributed by atoms with van der Waals surface area (Å²) >= 11 is 4.97. The summed E-state index contributed by atoms with van der Waals surface area (Å²) in [4.78, 5) is 22.7. The topological polar surface area (TPSA) is 75.6 Å². The van der Waals surface area contributed by atoms with E-state index in [0.29, 0.717) is 5.56 Å². The number of benzene rings is 1. The number of phenols is 1. The number of esters is 1. The molecule has 5 nitrogen and oxygen atoms in total. The minimum atomic E-state index is -2.25. The van der Waals surface area contributed by atoms with Gasteiger partial charge in [-0.1, -0.05) is 29.8 Å². The number of nitrogens with one attached hydrogen (secondary N) is 1. The lowest BCUT2D eigenvalue weighted by Crippen LogP contribution is -2.45. The highest BCUT2D eigenvalue weighted by Gasteiger charge is 2.25. The Bertz CT molecular complexity index is 467. The first-order valence-corrected chi connectivity index (χ1v) is 5.82. The van der Waals surface area contributed by atoms with Crippen LogP contribution in [0.3, 0.4) is 0 Å². The van der Waals surface area contributed by atoms with E-state index in [4.69, 9.17) is 11.6 Å². The van der Waals surface area contributed by atoms with Crippen LogP contribution in [0.25, 0.3) is 0 Å². The predicted molar refractivity (Wildman–Crippen MR) is 66.5 cm³/mol. The highest BCUT2D eigenvalue weighted by molar-refractivity contribution is 6.29. The molecule has 0 fully saturated rings. The normalized spacial score (nSPS) is 13.4. The van der Waals surface area contributed by atoms with Gasteiger partial charge in [-0.2, -0.15) is 0 Å². The third-order valence-electron chi connectivity index (χ3n) is 2.42. The van der Waals surface area contributed by atoms with Crippen molar-refractivity contribution in [3.8, 4) is 5.75 Å². The summed E-state index contributed by atoms with van der Waals surface area (Å²) < 4.78 is 17.1. The molecular formula is C12H13ClFNO4. The molecule has 7 heteroatoms. The lowest BCUT2D eigenvalue weighted by molar-refractivity contribution is -0.145. The molecule has 0 aliphatic heterocycles. The molecule has 0 saturated carbocycles. The fraction of sp³-hybridized carbons (Fsp3) is 0.333. The first-order chi connectivity index (χ1) is 8.95. The Hall–Kier alpha value is -1.82. The molecule has 2 atom stereocenters. The van der Waals surface area contributed by atoms with Gasteiger partial charge >= 0.3 is 5.97 Å². The largest absolute Gasteiger partial charge is 0.508 e. The second kappa shape index (κ2) is 6.94. The van der Waals surface area contributed by atoms with Crippen molar-refractivity contribution >= 4 is 23.5 Å². The van der Waals surface area contributed by atoms with E-state index in [-0.39, 0.29) is 12.2 Å². The maximum atomic E-state index is 12.6. The summed E-state index contributed by atoms with van der Waals surface area (Å²) in [6.07, 6.45) is -0.0330. The molecule has 104 valence electrons. The summed E-state index contributed by atoms with van der Waals surface area (Å²) in [7, 11) is 1.14. The Labute approximate surface area is 114 Å². The van der Waals surface area contributed by atoms with Crippen molar-refractivity contribution in [3.63, 3.8) is 0 Å². The Morgan fingerprint density at radius 2 is 2.11 bits per heavy atom. The number of aromatic hydroxyl groups is 1. The average Bonchev–Trinajstić information content (AvgIpc) is 2.39. The molecule has 1 amide bonds. The Morgan fingerprint density at radius 1 is 1.47 bits per heavy atom. The molecule has 0 aliphatic rings. The molecule has 19 heavy (non-hydrogen) atoms. The molecule has 0 bridgehead atoms. The number of alkyl halides is 2. The first kappa shape index (κ1) is 15.2. The molecule has 0 spiro atoms. The maximum Gasteiger partial charge on any atom is 0.328 e. The van der Waals surface area contributed by atoms with Gasteiger partial charge in [0.2, 0.25) is 0 Å². The van der Waals surface area contributed by atoms with Crippen molar-refractivity contribution in [2.24, 2.45) is 0 Å². The van der Waals surface area contributed by atoms with E-state index in [2.05, 4.69) is 10.1 Å². The van der Waals surface area contributed by atoms with Crippen LogP contribution in [0.1, 0.15) is 5.56 Å². The van der Waals surface area contributed by atoms with E-state index < -0.39 is 23.5 Å². The van der Waals surface area contributed by atoms with Crippen LogP contribution < -0.4 is 5.32 Å². The Kier molecular flexibility index (Phi) is 5.57. The van der Waals surface area contributed by atoms with Gasteiger partial charge in [-0.05, 0) is 11.6 Å². The Morgan fingerprint density at radius 3 is 2.63 bits per heavy atom. The second-order valence-electron chi connectivity index (χ2n) is 3.72. The average molecular weight is 290 g/mol. The van der Waals surface area contributed by atoms with Crippen LogP contribution in [0.5, 0.6) is 5.75 Å². The van der Waals surface area contributed by atoms with E-state index in [9.17, 15) is 19.1 Å². The molecule has 0 radical (unpaired) electrons. The van der Waals surface area contributed by atoms with Crippen LogP contribution in [0.15, 0.2) is 24.3 Å². The fourth-order valence-corrected chi connectivity index (χ4v) is 1.54. The smallest absolute Gasteiger partial charge is 0.328 e. The van der Waals surface area contributed by atoms with Gasteiger partial charge in [0.05, 0.1) is 7.11 Å². The molecule has 0 saturated heterocycles. The van der Waals surface area contributed by atoms with E-state index in [1.165, 1.54) is 6.07 Å². The zero-order valence-electron chi connectivity index (χ0n) is 10.1. The van der Waals surface area contributed by atoms with Crippen molar-refractivity contribution in [2.75, 3.05) is 7.11 Å². The number of halogens is 2. The zero-order valence-corrected chi connectivity index (χ0v) is 10.9. The van der Waals surface area contributed by atoms with Crippen molar-refractivity contribution in [1.82, 2.24) is 5.32 Å². The highest BCUT2D eigenvalue weighted by Crippen LogP contribution is 2.18. The van der Waals surface area contributed by atoms with Crippen molar-refractivity contribution in [2.45, 2.75) is 18.1 Å². The number of hydrogen-bond donors (Lipinski definition) is 2. The standard InChI is InChI=1S/C12H13ClFNO4/c1-19-12(18)8(15-11(17)10(13)14)6-7-4-2-3-5-9(7)16/h2-5,8,10,16H,6H2,1H3,(H,15,17). The van der Waals surface area contributed by atoms with Crippen molar-refractivity contribution < 1.29 is 23.8 Å². The van der Waals surface area contributed by atoms with Crippen molar-refractivity contribution in [1.29, 1.82) is 0 Å². The van der Waals surface area contributed by atoms with E-state index in [1.807, 2.05) is 0 Å². The lowest BCUT2D eigenvalue weighted by atomic mass is 10.0. The van der Waals surface area contributed by atoms with Gasteiger partial charge in [-0.3, -0.25) is 4.79 Å². The summed E-state index contributed by atoms with van der Waals surface area (Å²) in [5.74, 6) is -1.92. The number of rotatable bonds is 5. The quantitative estimate of drug-likeness (QED) is 0.629. The maximum absolute atomic E-state index is 12.6. The lowest BCUT2D eigenvalue weighted by Gasteiger charge is -2.17. The molecule has 1 rings (SSSR count). The monoisotopic (exact) mass is 289 g/mol. The summed E-state index contributed by atoms with van der Waals surface area (Å²) in [6.45, 7) is 0. The minimum Gasteiger partial charge on any atom is -0.508 e. The molecule has 2 N–H and O–H groups in total. The second-order valence-corrected chi connectivity index (χ2v) is 4.10.